The molecule has 1 aromatic heterocycles. The Labute approximate surface area is 151 Å². The van der Waals surface area contributed by atoms with Crippen molar-refractivity contribution in [1.29, 1.82) is 0 Å². The predicted molar refractivity (Wildman–Crippen MR) is 100 cm³/mol. The fraction of sp³-hybridized carbons (Fsp3) is 0.250. The second kappa shape index (κ2) is 7.39. The van der Waals surface area contributed by atoms with Gasteiger partial charge < -0.3 is 10.1 Å². The van der Waals surface area contributed by atoms with Crippen LogP contribution in [0, 0.1) is 0 Å². The first-order valence-corrected chi connectivity index (χ1v) is 8.50. The van der Waals surface area contributed by atoms with Crippen LogP contribution in [0.4, 0.5) is 5.82 Å². The van der Waals surface area contributed by atoms with E-state index < -0.39 is 18.0 Å². The molecule has 26 heavy (non-hydrogen) atoms. The van der Waals surface area contributed by atoms with E-state index in [2.05, 4.69) is 10.4 Å². The van der Waals surface area contributed by atoms with E-state index >= 15 is 0 Å². The molecule has 6 heteroatoms. The summed E-state index contributed by atoms with van der Waals surface area (Å²) in [4.78, 5) is 24.9. The van der Waals surface area contributed by atoms with Crippen LogP contribution in [0.2, 0.25) is 0 Å². The van der Waals surface area contributed by atoms with Crippen molar-refractivity contribution in [2.24, 2.45) is 0 Å². The van der Waals surface area contributed by atoms with E-state index in [1.807, 2.05) is 44.2 Å². The molecule has 0 aliphatic carbocycles. The van der Waals surface area contributed by atoms with Crippen LogP contribution in [0.15, 0.2) is 54.7 Å². The third kappa shape index (κ3) is 3.59. The molecule has 0 aliphatic heterocycles. The Morgan fingerprint density at radius 2 is 1.77 bits per heavy atom. The number of aromatic nitrogens is 2. The third-order valence-corrected chi connectivity index (χ3v) is 4.07. The Morgan fingerprint density at radius 1 is 1.04 bits per heavy atom. The van der Waals surface area contributed by atoms with Crippen LogP contribution in [0.3, 0.4) is 0 Å². The molecule has 0 aliphatic rings. The summed E-state index contributed by atoms with van der Waals surface area (Å²) < 4.78 is 7.07. The van der Waals surface area contributed by atoms with Crippen LogP contribution < -0.4 is 5.32 Å². The average Bonchev–Trinajstić information content (AvgIpc) is 3.09. The van der Waals surface area contributed by atoms with Crippen molar-refractivity contribution < 1.29 is 14.3 Å². The lowest BCUT2D eigenvalue weighted by molar-refractivity contribution is -0.123. The summed E-state index contributed by atoms with van der Waals surface area (Å²) in [6, 6.07) is 14.8. The van der Waals surface area contributed by atoms with Gasteiger partial charge in [-0.15, -0.1) is 0 Å². The number of nitrogens with zero attached hydrogens (tertiary/aromatic N) is 2. The average molecular weight is 351 g/mol. The van der Waals surface area contributed by atoms with Gasteiger partial charge in [0.05, 0.1) is 11.8 Å². The molecule has 1 heterocycles. The third-order valence-electron chi connectivity index (χ3n) is 4.07. The number of ether oxygens (including phenoxy) is 1. The molecule has 134 valence electrons. The van der Waals surface area contributed by atoms with E-state index in [0.717, 1.165) is 10.8 Å². The number of carbonyl (C=O) groups excluding carboxylic acids is 2. The van der Waals surface area contributed by atoms with Crippen LogP contribution in [-0.2, 0) is 9.53 Å². The van der Waals surface area contributed by atoms with Gasteiger partial charge in [0, 0.05) is 12.1 Å². The van der Waals surface area contributed by atoms with Gasteiger partial charge in [-0.25, -0.2) is 9.48 Å². The van der Waals surface area contributed by atoms with Crippen molar-refractivity contribution >= 4 is 28.5 Å². The smallest absolute Gasteiger partial charge is 0.339 e. The van der Waals surface area contributed by atoms with Crippen LogP contribution in [0.25, 0.3) is 10.8 Å². The molecule has 3 rings (SSSR count). The second-order valence-electron chi connectivity index (χ2n) is 6.32. The van der Waals surface area contributed by atoms with Crippen molar-refractivity contribution in [3.05, 3.63) is 60.3 Å². The number of carbonyl (C=O) groups is 2. The van der Waals surface area contributed by atoms with Crippen LogP contribution in [0.1, 0.15) is 37.2 Å². The maximum Gasteiger partial charge on any atom is 0.339 e. The monoisotopic (exact) mass is 351 g/mol. The molecule has 0 saturated carbocycles. The molecule has 1 atom stereocenters. The second-order valence-corrected chi connectivity index (χ2v) is 6.32. The minimum atomic E-state index is -0.933. The SMILES string of the molecule is CC(C)n1nccc1NC(=O)[C@H](C)OC(=O)c1cccc2ccccc12. The molecule has 0 radical (unpaired) electrons. The number of rotatable bonds is 5. The zero-order valence-electron chi connectivity index (χ0n) is 15.0. The zero-order chi connectivity index (χ0) is 18.7. The van der Waals surface area contributed by atoms with E-state index in [4.69, 9.17) is 4.74 Å². The van der Waals surface area contributed by atoms with Gasteiger partial charge in [-0.2, -0.15) is 5.10 Å². The highest BCUT2D eigenvalue weighted by molar-refractivity contribution is 6.05. The van der Waals surface area contributed by atoms with Gasteiger partial charge >= 0.3 is 5.97 Å². The summed E-state index contributed by atoms with van der Waals surface area (Å²) in [5, 5.41) is 8.66. The molecule has 0 fully saturated rings. The van der Waals surface area contributed by atoms with Crippen molar-refractivity contribution in [3.63, 3.8) is 0 Å². The fourth-order valence-corrected chi connectivity index (χ4v) is 2.73. The van der Waals surface area contributed by atoms with Gasteiger partial charge in [-0.1, -0.05) is 36.4 Å². The summed E-state index contributed by atoms with van der Waals surface area (Å²) >= 11 is 0. The molecular formula is C20H21N3O3. The van der Waals surface area contributed by atoms with Crippen molar-refractivity contribution in [2.75, 3.05) is 5.32 Å². The number of hydrogen-bond acceptors (Lipinski definition) is 4. The Bertz CT molecular complexity index is 941. The number of amides is 1. The summed E-state index contributed by atoms with van der Waals surface area (Å²) in [6.45, 7) is 5.48. The number of nitrogens with one attached hydrogen (secondary N) is 1. The van der Waals surface area contributed by atoms with Crippen LogP contribution in [-0.4, -0.2) is 27.8 Å². The lowest BCUT2D eigenvalue weighted by Crippen LogP contribution is -2.31. The van der Waals surface area contributed by atoms with Crippen LogP contribution >= 0.6 is 0 Å². The van der Waals surface area contributed by atoms with Gasteiger partial charge in [0.2, 0.25) is 0 Å². The molecule has 6 nitrogen and oxygen atoms in total. The lowest BCUT2D eigenvalue weighted by Gasteiger charge is -2.16. The number of anilines is 1. The summed E-state index contributed by atoms with van der Waals surface area (Å²) in [6.07, 6.45) is 0.680. The zero-order valence-corrected chi connectivity index (χ0v) is 15.0. The number of fused-ring (bicyclic) bond motifs is 1. The van der Waals surface area contributed by atoms with Crippen molar-refractivity contribution in [2.45, 2.75) is 32.9 Å². The van der Waals surface area contributed by atoms with E-state index in [1.165, 1.54) is 0 Å². The van der Waals surface area contributed by atoms with Gasteiger partial charge in [-0.3, -0.25) is 4.79 Å². The van der Waals surface area contributed by atoms with E-state index in [1.54, 1.807) is 36.0 Å². The standard InChI is InChI=1S/C20H21N3O3/c1-13(2)23-18(11-12-21-23)22-19(24)14(3)26-20(25)17-10-6-8-15-7-4-5-9-16(15)17/h4-14H,1-3H3,(H,22,24)/t14-/m0/s1. The first-order chi connectivity index (χ1) is 12.5. The minimum absolute atomic E-state index is 0.105. The van der Waals surface area contributed by atoms with E-state index in [9.17, 15) is 9.59 Å². The molecule has 1 N–H and O–H groups in total. The predicted octanol–water partition coefficient (Wildman–Crippen LogP) is 3.80. The summed E-state index contributed by atoms with van der Waals surface area (Å²) in [7, 11) is 0. The topological polar surface area (TPSA) is 73.2 Å². The quantitative estimate of drug-likeness (QED) is 0.710. The first-order valence-electron chi connectivity index (χ1n) is 8.50. The Balaban J connectivity index is 1.72. The van der Waals surface area contributed by atoms with Gasteiger partial charge in [0.25, 0.3) is 5.91 Å². The minimum Gasteiger partial charge on any atom is -0.449 e. The largest absolute Gasteiger partial charge is 0.449 e. The number of benzene rings is 2. The molecule has 1 amide bonds. The highest BCUT2D eigenvalue weighted by Gasteiger charge is 2.21. The molecule has 0 spiro atoms. The number of hydrogen-bond donors (Lipinski definition) is 1. The molecule has 2 aromatic carbocycles. The normalized spacial score (nSPS) is 12.2. The molecule has 0 bridgehead atoms. The van der Waals surface area contributed by atoms with Gasteiger partial charge in [-0.05, 0) is 37.6 Å². The van der Waals surface area contributed by atoms with Crippen molar-refractivity contribution in [3.8, 4) is 0 Å². The molecule has 3 aromatic rings. The highest BCUT2D eigenvalue weighted by atomic mass is 16.5. The maximum atomic E-state index is 12.5. The Hall–Kier alpha value is -3.15. The van der Waals surface area contributed by atoms with E-state index in [0.29, 0.717) is 11.4 Å². The molecule has 0 unspecified atom stereocenters. The summed E-state index contributed by atoms with van der Waals surface area (Å²) in [5.74, 6) is -0.360. The molecular weight excluding hydrogens is 330 g/mol. The van der Waals surface area contributed by atoms with Gasteiger partial charge in [0.1, 0.15) is 5.82 Å². The lowest BCUT2D eigenvalue weighted by atomic mass is 10.0. The first kappa shape index (κ1) is 17.7. The molecule has 0 saturated heterocycles. The fourth-order valence-electron chi connectivity index (χ4n) is 2.73. The Morgan fingerprint density at radius 3 is 2.54 bits per heavy atom. The van der Waals surface area contributed by atoms with Crippen molar-refractivity contribution in [1.82, 2.24) is 9.78 Å². The number of esters is 1. The summed E-state index contributed by atoms with van der Waals surface area (Å²) in [5.41, 5.74) is 0.440. The maximum absolute atomic E-state index is 12.5. The van der Waals surface area contributed by atoms with E-state index in [-0.39, 0.29) is 6.04 Å². The highest BCUT2D eigenvalue weighted by Crippen LogP contribution is 2.20. The van der Waals surface area contributed by atoms with Gasteiger partial charge in [0.15, 0.2) is 6.10 Å². The van der Waals surface area contributed by atoms with Crippen LogP contribution in [0.5, 0.6) is 0 Å². The Kier molecular flexibility index (Phi) is 5.02.